The number of amides is 1. The van der Waals surface area contributed by atoms with E-state index in [2.05, 4.69) is 4.98 Å². The first kappa shape index (κ1) is 18.9. The molecule has 1 unspecified atom stereocenters. The molecule has 0 spiro atoms. The molecular formula is C19H25N3O3S. The number of para-hydroxylation sites is 1. The minimum atomic E-state index is -0.0658. The lowest BCUT2D eigenvalue weighted by molar-refractivity contribution is -0.127. The Morgan fingerprint density at radius 1 is 1.35 bits per heavy atom. The smallest absolute Gasteiger partial charge is 0.262 e. The standard InChI is InChI=1S/C19H25N3O3S/c1-3-21(4-2)17(23)13-26-19-20-16-10-6-5-9-15(16)18(24)22(19)12-14-8-7-11-25-14/h5-6,9-10,14H,3-4,7-8,11-13H2,1-2H3. The zero-order chi connectivity index (χ0) is 18.5. The number of carbonyl (C=O) groups is 1. The van der Waals surface area contributed by atoms with Crippen molar-refractivity contribution in [1.82, 2.24) is 14.5 Å². The second kappa shape index (κ2) is 8.68. The minimum absolute atomic E-state index is 0.0356. The van der Waals surface area contributed by atoms with Gasteiger partial charge < -0.3 is 9.64 Å². The molecule has 1 aliphatic heterocycles. The van der Waals surface area contributed by atoms with Crippen molar-refractivity contribution < 1.29 is 9.53 Å². The van der Waals surface area contributed by atoms with Gasteiger partial charge >= 0.3 is 0 Å². The van der Waals surface area contributed by atoms with Gasteiger partial charge in [-0.25, -0.2) is 4.98 Å². The van der Waals surface area contributed by atoms with Gasteiger partial charge in [0.2, 0.25) is 5.91 Å². The van der Waals surface area contributed by atoms with Crippen LogP contribution in [0.5, 0.6) is 0 Å². The highest BCUT2D eigenvalue weighted by Gasteiger charge is 2.21. The Bertz CT molecular complexity index is 826. The van der Waals surface area contributed by atoms with E-state index >= 15 is 0 Å². The highest BCUT2D eigenvalue weighted by Crippen LogP contribution is 2.21. The fraction of sp³-hybridized carbons (Fsp3) is 0.526. The van der Waals surface area contributed by atoms with Crippen LogP contribution in [0.1, 0.15) is 26.7 Å². The van der Waals surface area contributed by atoms with Crippen LogP contribution in [0.2, 0.25) is 0 Å². The predicted molar refractivity (Wildman–Crippen MR) is 104 cm³/mol. The summed E-state index contributed by atoms with van der Waals surface area (Å²) in [6.07, 6.45) is 2.00. The van der Waals surface area contributed by atoms with Crippen LogP contribution >= 0.6 is 11.8 Å². The number of thioether (sulfide) groups is 1. The first-order valence-corrected chi connectivity index (χ1v) is 10.1. The number of carbonyl (C=O) groups excluding carboxylic acids is 1. The molecule has 2 aromatic rings. The fourth-order valence-corrected chi connectivity index (χ4v) is 4.12. The van der Waals surface area contributed by atoms with Crippen LogP contribution in [0.15, 0.2) is 34.2 Å². The van der Waals surface area contributed by atoms with Gasteiger partial charge in [0.1, 0.15) is 0 Å². The van der Waals surface area contributed by atoms with Crippen LogP contribution in [0, 0.1) is 0 Å². The normalized spacial score (nSPS) is 16.9. The third kappa shape index (κ3) is 4.10. The van der Waals surface area contributed by atoms with Crippen LogP contribution < -0.4 is 5.56 Å². The zero-order valence-corrected chi connectivity index (χ0v) is 16.1. The van der Waals surface area contributed by atoms with E-state index in [-0.39, 0.29) is 23.3 Å². The lowest BCUT2D eigenvalue weighted by Crippen LogP contribution is -2.33. The van der Waals surface area contributed by atoms with E-state index in [9.17, 15) is 9.59 Å². The molecule has 0 saturated carbocycles. The molecule has 1 amide bonds. The summed E-state index contributed by atoms with van der Waals surface area (Å²) >= 11 is 1.33. The summed E-state index contributed by atoms with van der Waals surface area (Å²) in [5.74, 6) is 0.337. The number of aromatic nitrogens is 2. The summed E-state index contributed by atoms with van der Waals surface area (Å²) in [6.45, 7) is 6.52. The molecule has 26 heavy (non-hydrogen) atoms. The largest absolute Gasteiger partial charge is 0.376 e. The number of fused-ring (bicyclic) bond motifs is 1. The highest BCUT2D eigenvalue weighted by molar-refractivity contribution is 7.99. The molecule has 2 heterocycles. The molecule has 1 aromatic carbocycles. The number of rotatable bonds is 7. The van der Waals surface area contributed by atoms with E-state index in [0.29, 0.717) is 35.7 Å². The van der Waals surface area contributed by atoms with Crippen molar-refractivity contribution in [2.75, 3.05) is 25.4 Å². The third-order valence-corrected chi connectivity index (χ3v) is 5.64. The molecule has 0 N–H and O–H groups in total. The van der Waals surface area contributed by atoms with E-state index in [1.165, 1.54) is 11.8 Å². The van der Waals surface area contributed by atoms with Crippen molar-refractivity contribution in [2.24, 2.45) is 0 Å². The summed E-state index contributed by atoms with van der Waals surface area (Å²) in [4.78, 5) is 31.8. The van der Waals surface area contributed by atoms with Gasteiger partial charge in [0.25, 0.3) is 5.56 Å². The molecule has 1 atom stereocenters. The van der Waals surface area contributed by atoms with Gasteiger partial charge in [-0.1, -0.05) is 23.9 Å². The molecule has 6 nitrogen and oxygen atoms in total. The summed E-state index contributed by atoms with van der Waals surface area (Å²) in [6, 6.07) is 7.35. The quantitative estimate of drug-likeness (QED) is 0.550. The number of hydrogen-bond acceptors (Lipinski definition) is 5. The second-order valence-corrected chi connectivity index (χ2v) is 7.26. The minimum Gasteiger partial charge on any atom is -0.376 e. The lowest BCUT2D eigenvalue weighted by atomic mass is 10.2. The van der Waals surface area contributed by atoms with Crippen molar-refractivity contribution >= 4 is 28.6 Å². The van der Waals surface area contributed by atoms with Crippen molar-refractivity contribution in [3.8, 4) is 0 Å². The maximum absolute atomic E-state index is 13.0. The average molecular weight is 375 g/mol. The molecule has 1 fully saturated rings. The Balaban J connectivity index is 1.91. The van der Waals surface area contributed by atoms with Gasteiger partial charge in [0, 0.05) is 19.7 Å². The van der Waals surface area contributed by atoms with Crippen molar-refractivity contribution in [3.63, 3.8) is 0 Å². The van der Waals surface area contributed by atoms with Gasteiger partial charge in [-0.05, 0) is 38.8 Å². The Morgan fingerprint density at radius 2 is 2.12 bits per heavy atom. The van der Waals surface area contributed by atoms with E-state index < -0.39 is 0 Å². The van der Waals surface area contributed by atoms with Crippen LogP contribution in [0.25, 0.3) is 10.9 Å². The third-order valence-electron chi connectivity index (χ3n) is 4.68. The average Bonchev–Trinajstić information content (AvgIpc) is 3.17. The second-order valence-electron chi connectivity index (χ2n) is 6.32. The molecule has 0 radical (unpaired) electrons. The predicted octanol–water partition coefficient (Wildman–Crippen LogP) is 2.54. The SMILES string of the molecule is CCN(CC)C(=O)CSc1nc2ccccc2c(=O)n1CC1CCCO1. The topological polar surface area (TPSA) is 64.4 Å². The first-order valence-electron chi connectivity index (χ1n) is 9.15. The van der Waals surface area contributed by atoms with Crippen molar-refractivity contribution in [1.29, 1.82) is 0 Å². The molecule has 1 aliphatic rings. The number of nitrogens with zero attached hydrogens (tertiary/aromatic N) is 3. The van der Waals surface area contributed by atoms with Gasteiger partial charge in [0.15, 0.2) is 5.16 Å². The zero-order valence-electron chi connectivity index (χ0n) is 15.3. The van der Waals surface area contributed by atoms with E-state index in [1.807, 2.05) is 32.0 Å². The summed E-state index contributed by atoms with van der Waals surface area (Å²) < 4.78 is 7.38. The monoisotopic (exact) mass is 375 g/mol. The number of hydrogen-bond donors (Lipinski definition) is 0. The highest BCUT2D eigenvalue weighted by atomic mass is 32.2. The molecule has 140 valence electrons. The van der Waals surface area contributed by atoms with E-state index in [4.69, 9.17) is 4.74 Å². The number of benzene rings is 1. The van der Waals surface area contributed by atoms with E-state index in [0.717, 1.165) is 19.4 Å². The van der Waals surface area contributed by atoms with Gasteiger partial charge in [-0.15, -0.1) is 0 Å². The Kier molecular flexibility index (Phi) is 6.32. The van der Waals surface area contributed by atoms with Crippen molar-refractivity contribution in [3.05, 3.63) is 34.6 Å². The van der Waals surface area contributed by atoms with Crippen LogP contribution in [0.4, 0.5) is 0 Å². The molecule has 1 aromatic heterocycles. The molecule has 0 aliphatic carbocycles. The van der Waals surface area contributed by atoms with Crippen molar-refractivity contribution in [2.45, 2.75) is 44.5 Å². The first-order chi connectivity index (χ1) is 12.6. The molecule has 7 heteroatoms. The summed E-state index contributed by atoms with van der Waals surface area (Å²) in [5, 5.41) is 1.19. The van der Waals surface area contributed by atoms with Gasteiger partial charge in [0.05, 0.1) is 29.3 Å². The van der Waals surface area contributed by atoms with Crippen LogP contribution in [-0.4, -0.2) is 51.9 Å². The molecule has 1 saturated heterocycles. The van der Waals surface area contributed by atoms with Gasteiger partial charge in [-0.2, -0.15) is 0 Å². The van der Waals surface area contributed by atoms with Crippen LogP contribution in [-0.2, 0) is 16.1 Å². The van der Waals surface area contributed by atoms with Gasteiger partial charge in [-0.3, -0.25) is 14.2 Å². The number of ether oxygens (including phenoxy) is 1. The molecular weight excluding hydrogens is 350 g/mol. The molecule has 3 rings (SSSR count). The summed E-state index contributed by atoms with van der Waals surface area (Å²) in [5.41, 5.74) is 0.600. The Labute approximate surface area is 157 Å². The molecule has 0 bridgehead atoms. The summed E-state index contributed by atoms with van der Waals surface area (Å²) in [7, 11) is 0. The van der Waals surface area contributed by atoms with E-state index in [1.54, 1.807) is 15.5 Å². The maximum Gasteiger partial charge on any atom is 0.262 e. The fourth-order valence-electron chi connectivity index (χ4n) is 3.20. The maximum atomic E-state index is 13.0. The Morgan fingerprint density at radius 3 is 2.81 bits per heavy atom. The Hall–Kier alpha value is -1.86. The van der Waals surface area contributed by atoms with Crippen LogP contribution in [0.3, 0.4) is 0 Å². The lowest BCUT2D eigenvalue weighted by Gasteiger charge is -2.19.